The number of carbonyl (C=O) groups is 3. The Balaban J connectivity index is 1.96. The van der Waals surface area contributed by atoms with Crippen LogP contribution < -0.4 is 5.32 Å². The van der Waals surface area contributed by atoms with Gasteiger partial charge in [0.15, 0.2) is 0 Å². The summed E-state index contributed by atoms with van der Waals surface area (Å²) in [5.41, 5.74) is -1.56. The molecule has 0 aliphatic carbocycles. The zero-order valence-electron chi connectivity index (χ0n) is 20.7. The quantitative estimate of drug-likeness (QED) is 0.269. The summed E-state index contributed by atoms with van der Waals surface area (Å²) in [5, 5.41) is 12.4. The molecule has 6 atom stereocenters. The molecule has 8 nitrogen and oxygen atoms in total. The molecule has 33 heavy (non-hydrogen) atoms. The van der Waals surface area contributed by atoms with E-state index < -0.39 is 41.1 Å². The molecular weight excluding hydrogens is 492 g/mol. The van der Waals surface area contributed by atoms with Crippen LogP contribution in [0.15, 0.2) is 0 Å². The number of likely N-dealkylation sites (tertiary alicyclic amines) is 1. The van der Waals surface area contributed by atoms with Crippen LogP contribution in [0.5, 0.6) is 0 Å². The Morgan fingerprint density at radius 2 is 1.94 bits per heavy atom. The molecule has 0 aromatic rings. The molecule has 2 N–H and O–H groups in total. The normalized spacial score (nSPS) is 33.4. The summed E-state index contributed by atoms with van der Waals surface area (Å²) < 4.78 is 11.7. The summed E-state index contributed by atoms with van der Waals surface area (Å²) in [6.07, 6.45) is 1.81. The molecule has 3 aliphatic rings. The highest BCUT2D eigenvalue weighted by atomic mass is 79.9. The molecule has 3 saturated heterocycles. The molecule has 0 aromatic heterocycles. The maximum absolute atomic E-state index is 13.8. The standard InChI is InChI=1S/C24H39BrN2O6/c1-7-32-21(31)15-16-20(30)27(10-8-9-11-28)18(24(16)12-14(25)17(15)33-24)19(29)26-23(5,6)13-22(2,3)4/h14-18,28H,7-13H2,1-6H3,(H,26,29)/t14?,15-,16-,17-,18?,24?/m0/s1. The Morgan fingerprint density at radius 3 is 2.52 bits per heavy atom. The number of nitrogens with zero attached hydrogens (tertiary/aromatic N) is 1. The number of alkyl halides is 1. The smallest absolute Gasteiger partial charge is 0.312 e. The minimum absolute atomic E-state index is 0.00216. The second kappa shape index (κ2) is 9.46. The van der Waals surface area contributed by atoms with Gasteiger partial charge < -0.3 is 24.8 Å². The van der Waals surface area contributed by atoms with Gasteiger partial charge in [-0.2, -0.15) is 0 Å². The van der Waals surface area contributed by atoms with Crippen molar-refractivity contribution in [2.75, 3.05) is 19.8 Å². The Labute approximate surface area is 205 Å². The summed E-state index contributed by atoms with van der Waals surface area (Å²) >= 11 is 3.64. The number of carbonyl (C=O) groups excluding carboxylic acids is 3. The Hall–Kier alpha value is -1.19. The van der Waals surface area contributed by atoms with Crippen molar-refractivity contribution in [1.82, 2.24) is 10.2 Å². The number of unbranched alkanes of at least 4 members (excludes halogenated alkanes) is 1. The fourth-order valence-corrected chi connectivity index (χ4v) is 7.29. The van der Waals surface area contributed by atoms with Crippen LogP contribution in [0.4, 0.5) is 0 Å². The summed E-state index contributed by atoms with van der Waals surface area (Å²) in [4.78, 5) is 41.8. The highest BCUT2D eigenvalue weighted by Crippen LogP contribution is 2.60. The van der Waals surface area contributed by atoms with Crippen LogP contribution in [-0.4, -0.2) is 75.7 Å². The second-order valence-electron chi connectivity index (χ2n) is 11.5. The molecule has 1 spiro atoms. The van der Waals surface area contributed by atoms with Gasteiger partial charge in [0.25, 0.3) is 0 Å². The Morgan fingerprint density at radius 1 is 1.27 bits per heavy atom. The van der Waals surface area contributed by atoms with Crippen molar-refractivity contribution in [2.45, 2.75) is 95.3 Å². The van der Waals surface area contributed by atoms with Crippen LogP contribution in [-0.2, 0) is 23.9 Å². The predicted octanol–water partition coefficient (Wildman–Crippen LogP) is 2.40. The van der Waals surface area contributed by atoms with E-state index in [4.69, 9.17) is 9.47 Å². The maximum Gasteiger partial charge on any atom is 0.312 e. The zero-order chi connectivity index (χ0) is 24.8. The molecule has 0 aromatic carbocycles. The largest absolute Gasteiger partial charge is 0.466 e. The van der Waals surface area contributed by atoms with Crippen molar-refractivity contribution in [3.05, 3.63) is 0 Å². The van der Waals surface area contributed by atoms with Gasteiger partial charge in [0, 0.05) is 23.5 Å². The summed E-state index contributed by atoms with van der Waals surface area (Å²) in [5.74, 6) is -2.42. The summed E-state index contributed by atoms with van der Waals surface area (Å²) in [6.45, 7) is 12.6. The highest BCUT2D eigenvalue weighted by Gasteiger charge is 2.76. The van der Waals surface area contributed by atoms with E-state index in [9.17, 15) is 19.5 Å². The minimum atomic E-state index is -1.07. The van der Waals surface area contributed by atoms with Crippen molar-refractivity contribution in [2.24, 2.45) is 17.3 Å². The molecule has 9 heteroatoms. The van der Waals surface area contributed by atoms with E-state index in [2.05, 4.69) is 42.0 Å². The molecule has 3 fully saturated rings. The topological polar surface area (TPSA) is 105 Å². The second-order valence-corrected chi connectivity index (χ2v) is 12.7. The molecule has 3 rings (SSSR count). The van der Waals surface area contributed by atoms with Crippen molar-refractivity contribution in [3.8, 4) is 0 Å². The lowest BCUT2D eigenvalue weighted by Gasteiger charge is -2.38. The lowest BCUT2D eigenvalue weighted by molar-refractivity contribution is -0.154. The molecule has 3 aliphatic heterocycles. The molecule has 0 saturated carbocycles. The van der Waals surface area contributed by atoms with Gasteiger partial charge in [-0.3, -0.25) is 14.4 Å². The van der Waals surface area contributed by atoms with Gasteiger partial charge in [0.1, 0.15) is 11.6 Å². The number of esters is 1. The van der Waals surface area contributed by atoms with Gasteiger partial charge in [-0.05, 0) is 51.9 Å². The Kier molecular flexibility index (Phi) is 7.57. The van der Waals surface area contributed by atoms with Gasteiger partial charge in [0.05, 0.1) is 24.5 Å². The fraction of sp³-hybridized carbons (Fsp3) is 0.875. The number of amides is 2. The molecular formula is C24H39BrN2O6. The molecule has 2 bridgehead atoms. The van der Waals surface area contributed by atoms with E-state index in [-0.39, 0.29) is 35.3 Å². The lowest BCUT2D eigenvalue weighted by Crippen LogP contribution is -2.59. The fourth-order valence-electron chi connectivity index (χ4n) is 6.34. The first kappa shape index (κ1) is 26.4. The third-order valence-electron chi connectivity index (χ3n) is 6.84. The lowest BCUT2D eigenvalue weighted by atomic mass is 9.70. The van der Waals surface area contributed by atoms with Crippen LogP contribution in [0.1, 0.15) is 67.2 Å². The van der Waals surface area contributed by atoms with Crippen LogP contribution in [0.25, 0.3) is 0 Å². The van der Waals surface area contributed by atoms with Gasteiger partial charge in [0.2, 0.25) is 11.8 Å². The van der Waals surface area contributed by atoms with Crippen molar-refractivity contribution in [3.63, 3.8) is 0 Å². The Bertz CT molecular complexity index is 781. The number of rotatable bonds is 9. The van der Waals surface area contributed by atoms with Crippen LogP contribution in [0.2, 0.25) is 0 Å². The van der Waals surface area contributed by atoms with Crippen molar-refractivity contribution in [1.29, 1.82) is 0 Å². The molecule has 3 unspecified atom stereocenters. The predicted molar refractivity (Wildman–Crippen MR) is 127 cm³/mol. The summed E-state index contributed by atoms with van der Waals surface area (Å²) in [7, 11) is 0. The first-order valence-corrected chi connectivity index (χ1v) is 12.9. The molecule has 0 radical (unpaired) electrons. The van der Waals surface area contributed by atoms with Gasteiger partial charge in [-0.1, -0.05) is 36.7 Å². The van der Waals surface area contributed by atoms with E-state index >= 15 is 0 Å². The first-order valence-electron chi connectivity index (χ1n) is 12.0. The van der Waals surface area contributed by atoms with Crippen LogP contribution in [0.3, 0.4) is 0 Å². The third-order valence-corrected chi connectivity index (χ3v) is 7.68. The number of aliphatic hydroxyl groups excluding tert-OH is 1. The number of fused-ring (bicyclic) bond motifs is 1. The van der Waals surface area contributed by atoms with Gasteiger partial charge >= 0.3 is 5.97 Å². The van der Waals surface area contributed by atoms with E-state index in [1.54, 1.807) is 11.8 Å². The van der Waals surface area contributed by atoms with E-state index in [0.29, 0.717) is 25.8 Å². The molecule has 188 valence electrons. The average molecular weight is 531 g/mol. The third kappa shape index (κ3) is 4.96. The van der Waals surface area contributed by atoms with E-state index in [1.165, 1.54) is 0 Å². The molecule has 2 amide bonds. The number of ether oxygens (including phenoxy) is 2. The number of nitrogens with one attached hydrogen (secondary N) is 1. The monoisotopic (exact) mass is 530 g/mol. The number of hydrogen-bond acceptors (Lipinski definition) is 6. The number of hydrogen-bond donors (Lipinski definition) is 2. The summed E-state index contributed by atoms with van der Waals surface area (Å²) in [6, 6.07) is -0.836. The average Bonchev–Trinajstić information content (AvgIpc) is 3.23. The van der Waals surface area contributed by atoms with Crippen molar-refractivity contribution < 1.29 is 29.0 Å². The zero-order valence-corrected chi connectivity index (χ0v) is 22.2. The minimum Gasteiger partial charge on any atom is -0.466 e. The van der Waals surface area contributed by atoms with Crippen LogP contribution in [0, 0.1) is 17.3 Å². The van der Waals surface area contributed by atoms with Gasteiger partial charge in [-0.15, -0.1) is 0 Å². The van der Waals surface area contributed by atoms with Crippen molar-refractivity contribution >= 4 is 33.7 Å². The van der Waals surface area contributed by atoms with Crippen LogP contribution >= 0.6 is 15.9 Å². The number of aliphatic hydroxyl groups is 1. The van der Waals surface area contributed by atoms with Gasteiger partial charge in [-0.25, -0.2) is 0 Å². The van der Waals surface area contributed by atoms with E-state index in [0.717, 1.165) is 6.42 Å². The first-order chi connectivity index (χ1) is 15.3. The number of halogens is 1. The maximum atomic E-state index is 13.8. The SMILES string of the molecule is CCOC(=O)[C@H]1[C@H]2C(=O)N(CCCCO)C(C(=O)NC(C)(C)CC(C)(C)C)C23CC(Br)[C@@H]1O3. The van der Waals surface area contributed by atoms with E-state index in [1.807, 2.05) is 13.8 Å². The highest BCUT2D eigenvalue weighted by molar-refractivity contribution is 9.09. The molecule has 3 heterocycles.